The molecular formula is C16H11BrFNS. The molecule has 0 saturated heterocycles. The Bertz CT molecular complexity index is 739. The van der Waals surface area contributed by atoms with E-state index in [2.05, 4.69) is 20.9 Å². The van der Waals surface area contributed by atoms with Gasteiger partial charge < -0.3 is 0 Å². The van der Waals surface area contributed by atoms with E-state index in [0.29, 0.717) is 6.42 Å². The van der Waals surface area contributed by atoms with Gasteiger partial charge in [0.2, 0.25) is 0 Å². The van der Waals surface area contributed by atoms with Crippen LogP contribution in [0.1, 0.15) is 10.6 Å². The Morgan fingerprint density at radius 1 is 1.10 bits per heavy atom. The van der Waals surface area contributed by atoms with Gasteiger partial charge in [-0.05, 0) is 29.8 Å². The van der Waals surface area contributed by atoms with Crippen molar-refractivity contribution in [2.75, 3.05) is 0 Å². The fraction of sp³-hybridized carbons (Fsp3) is 0.0625. The second-order valence-corrected chi connectivity index (χ2v) is 6.30. The second-order valence-electron chi connectivity index (χ2n) is 4.44. The first-order valence-electron chi connectivity index (χ1n) is 6.15. The molecule has 1 heterocycles. The number of halogens is 2. The molecule has 0 saturated carbocycles. The van der Waals surface area contributed by atoms with Gasteiger partial charge in [0.25, 0.3) is 0 Å². The van der Waals surface area contributed by atoms with E-state index >= 15 is 0 Å². The zero-order chi connectivity index (χ0) is 13.9. The van der Waals surface area contributed by atoms with Crippen LogP contribution < -0.4 is 0 Å². The summed E-state index contributed by atoms with van der Waals surface area (Å²) in [6.45, 7) is 0. The van der Waals surface area contributed by atoms with Gasteiger partial charge in [-0.2, -0.15) is 0 Å². The summed E-state index contributed by atoms with van der Waals surface area (Å²) in [5.74, 6) is -0.203. The van der Waals surface area contributed by atoms with E-state index < -0.39 is 0 Å². The summed E-state index contributed by atoms with van der Waals surface area (Å²) >= 11 is 5.06. The fourth-order valence-electron chi connectivity index (χ4n) is 1.99. The van der Waals surface area contributed by atoms with Gasteiger partial charge in [0, 0.05) is 21.8 Å². The zero-order valence-corrected chi connectivity index (χ0v) is 12.9. The summed E-state index contributed by atoms with van der Waals surface area (Å²) in [4.78, 5) is 4.62. The minimum Gasteiger partial charge on any atom is -0.241 e. The molecule has 0 bridgehead atoms. The summed E-state index contributed by atoms with van der Waals surface area (Å²) in [5, 5.41) is 3.03. The molecule has 1 nitrogen and oxygen atoms in total. The summed E-state index contributed by atoms with van der Waals surface area (Å²) in [6.07, 6.45) is 0.663. The molecule has 0 aliphatic carbocycles. The summed E-state index contributed by atoms with van der Waals surface area (Å²) < 4.78 is 14.2. The standard InChI is InChI=1S/C16H11BrFNS/c17-13-5-2-4-12(9-13)15-10-20-16(19-15)8-11-3-1-6-14(18)7-11/h1-7,9-10H,8H2. The zero-order valence-electron chi connectivity index (χ0n) is 10.5. The number of thiazole rings is 1. The summed E-state index contributed by atoms with van der Waals surface area (Å²) in [7, 11) is 0. The Kier molecular flexibility index (Phi) is 3.94. The highest BCUT2D eigenvalue weighted by molar-refractivity contribution is 9.10. The molecule has 0 spiro atoms. The Morgan fingerprint density at radius 3 is 2.75 bits per heavy atom. The van der Waals surface area contributed by atoms with E-state index in [-0.39, 0.29) is 5.82 Å². The fourth-order valence-corrected chi connectivity index (χ4v) is 3.23. The number of rotatable bonds is 3. The van der Waals surface area contributed by atoms with E-state index in [1.54, 1.807) is 23.5 Å². The molecule has 0 amide bonds. The first-order chi connectivity index (χ1) is 9.70. The predicted molar refractivity (Wildman–Crippen MR) is 84.5 cm³/mol. The molecule has 0 N–H and O–H groups in total. The lowest BCUT2D eigenvalue weighted by atomic mass is 10.1. The minimum absolute atomic E-state index is 0.203. The van der Waals surface area contributed by atoms with Crippen molar-refractivity contribution in [2.45, 2.75) is 6.42 Å². The van der Waals surface area contributed by atoms with E-state index in [9.17, 15) is 4.39 Å². The smallest absolute Gasteiger partial charge is 0.123 e. The van der Waals surface area contributed by atoms with Crippen LogP contribution in [0.3, 0.4) is 0 Å². The van der Waals surface area contributed by atoms with Crippen molar-refractivity contribution in [2.24, 2.45) is 0 Å². The first kappa shape index (κ1) is 13.5. The lowest BCUT2D eigenvalue weighted by Gasteiger charge is -1.99. The maximum Gasteiger partial charge on any atom is 0.123 e. The molecule has 1 aromatic heterocycles. The number of hydrogen-bond donors (Lipinski definition) is 0. The van der Waals surface area contributed by atoms with E-state index in [1.165, 1.54) is 6.07 Å². The third-order valence-electron chi connectivity index (χ3n) is 2.92. The molecule has 0 unspecified atom stereocenters. The Balaban J connectivity index is 1.84. The van der Waals surface area contributed by atoms with E-state index in [4.69, 9.17) is 0 Å². The SMILES string of the molecule is Fc1cccc(Cc2nc(-c3cccc(Br)c3)cs2)c1. The minimum atomic E-state index is -0.203. The van der Waals surface area contributed by atoms with Gasteiger partial charge in [-0.3, -0.25) is 0 Å². The maximum absolute atomic E-state index is 13.2. The molecule has 100 valence electrons. The molecule has 2 aromatic carbocycles. The highest BCUT2D eigenvalue weighted by Crippen LogP contribution is 2.25. The average molecular weight is 348 g/mol. The molecule has 0 radical (unpaired) electrons. The predicted octanol–water partition coefficient (Wildman–Crippen LogP) is 5.30. The normalized spacial score (nSPS) is 10.7. The van der Waals surface area contributed by atoms with Crippen LogP contribution in [0, 0.1) is 5.82 Å². The molecule has 0 aliphatic rings. The quantitative estimate of drug-likeness (QED) is 0.626. The van der Waals surface area contributed by atoms with Crippen molar-refractivity contribution in [1.82, 2.24) is 4.98 Å². The molecular weight excluding hydrogens is 337 g/mol. The van der Waals surface area contributed by atoms with Crippen molar-refractivity contribution < 1.29 is 4.39 Å². The Morgan fingerprint density at radius 2 is 1.95 bits per heavy atom. The number of hydrogen-bond acceptors (Lipinski definition) is 2. The maximum atomic E-state index is 13.2. The first-order valence-corrected chi connectivity index (χ1v) is 7.83. The lowest BCUT2D eigenvalue weighted by molar-refractivity contribution is 0.626. The molecule has 0 atom stereocenters. The van der Waals surface area contributed by atoms with Gasteiger partial charge in [0.15, 0.2) is 0 Å². The topological polar surface area (TPSA) is 12.9 Å². The van der Waals surface area contributed by atoms with Crippen molar-refractivity contribution in [3.63, 3.8) is 0 Å². The Hall–Kier alpha value is -1.52. The number of aromatic nitrogens is 1. The lowest BCUT2D eigenvalue weighted by Crippen LogP contribution is -1.88. The van der Waals surface area contributed by atoms with Crippen LogP contribution in [0.2, 0.25) is 0 Å². The summed E-state index contributed by atoms with van der Waals surface area (Å²) in [5.41, 5.74) is 2.99. The second kappa shape index (κ2) is 5.85. The van der Waals surface area contributed by atoms with Crippen LogP contribution in [-0.4, -0.2) is 4.98 Å². The van der Waals surface area contributed by atoms with Gasteiger partial charge in [-0.25, -0.2) is 9.37 Å². The molecule has 4 heteroatoms. The third kappa shape index (κ3) is 3.14. The van der Waals surface area contributed by atoms with Gasteiger partial charge in [-0.15, -0.1) is 11.3 Å². The van der Waals surface area contributed by atoms with Crippen molar-refractivity contribution in [1.29, 1.82) is 0 Å². The van der Waals surface area contributed by atoms with Crippen LogP contribution in [0.4, 0.5) is 4.39 Å². The van der Waals surface area contributed by atoms with Gasteiger partial charge in [0.05, 0.1) is 10.7 Å². The highest BCUT2D eigenvalue weighted by atomic mass is 79.9. The monoisotopic (exact) mass is 347 g/mol. The van der Waals surface area contributed by atoms with Crippen LogP contribution in [0.25, 0.3) is 11.3 Å². The van der Waals surface area contributed by atoms with E-state index in [1.807, 2.05) is 35.7 Å². The van der Waals surface area contributed by atoms with Gasteiger partial charge in [-0.1, -0.05) is 40.2 Å². The Labute approximate surface area is 129 Å². The molecule has 20 heavy (non-hydrogen) atoms. The van der Waals surface area contributed by atoms with Crippen LogP contribution in [0.5, 0.6) is 0 Å². The molecule has 3 rings (SSSR count). The molecule has 3 aromatic rings. The van der Waals surface area contributed by atoms with Crippen molar-refractivity contribution in [3.05, 3.63) is 74.8 Å². The average Bonchev–Trinajstić information content (AvgIpc) is 2.87. The van der Waals surface area contributed by atoms with E-state index in [0.717, 1.165) is 26.3 Å². The van der Waals surface area contributed by atoms with Gasteiger partial charge >= 0.3 is 0 Å². The van der Waals surface area contributed by atoms with Crippen molar-refractivity contribution in [3.8, 4) is 11.3 Å². The third-order valence-corrected chi connectivity index (χ3v) is 4.26. The van der Waals surface area contributed by atoms with Crippen LogP contribution >= 0.6 is 27.3 Å². The molecule has 0 aliphatic heterocycles. The number of nitrogens with zero attached hydrogens (tertiary/aromatic N) is 1. The highest BCUT2D eigenvalue weighted by Gasteiger charge is 2.06. The van der Waals surface area contributed by atoms with Crippen LogP contribution in [-0.2, 0) is 6.42 Å². The largest absolute Gasteiger partial charge is 0.241 e. The number of benzene rings is 2. The molecule has 0 fully saturated rings. The van der Waals surface area contributed by atoms with Crippen LogP contribution in [0.15, 0.2) is 58.4 Å². The van der Waals surface area contributed by atoms with Gasteiger partial charge in [0.1, 0.15) is 5.82 Å². The van der Waals surface area contributed by atoms with Crippen molar-refractivity contribution >= 4 is 27.3 Å². The summed E-state index contributed by atoms with van der Waals surface area (Å²) in [6, 6.07) is 14.7.